The average Bonchev–Trinajstić information content (AvgIpc) is 2.36. The maximum atomic E-state index is 11.4. The minimum atomic E-state index is -3.17. The van der Waals surface area contributed by atoms with Gasteiger partial charge in [-0.2, -0.15) is 0 Å². The highest BCUT2D eigenvalue weighted by atomic mass is 32.2. The van der Waals surface area contributed by atoms with Crippen molar-refractivity contribution in [1.82, 2.24) is 10.6 Å². The molecule has 0 heterocycles. The fourth-order valence-electron chi connectivity index (χ4n) is 1.41. The first-order chi connectivity index (χ1) is 8.93. The van der Waals surface area contributed by atoms with Gasteiger partial charge in [0.25, 0.3) is 0 Å². The summed E-state index contributed by atoms with van der Waals surface area (Å²) < 4.78 is 22.5. The van der Waals surface area contributed by atoms with Gasteiger partial charge in [-0.1, -0.05) is 18.2 Å². The van der Waals surface area contributed by atoms with Crippen molar-refractivity contribution in [3.05, 3.63) is 42.5 Å². The number of carbonyl (C=O) groups excluding carboxylic acids is 1. The van der Waals surface area contributed by atoms with Crippen LogP contribution in [0.3, 0.4) is 0 Å². The summed E-state index contributed by atoms with van der Waals surface area (Å²) in [5.74, 6) is -0.117. The van der Waals surface area contributed by atoms with E-state index in [0.29, 0.717) is 13.1 Å². The SMILES string of the molecule is C=CCNCC(=O)NCc1ccc(S(C)(=O)=O)cc1. The highest BCUT2D eigenvalue weighted by molar-refractivity contribution is 7.90. The maximum Gasteiger partial charge on any atom is 0.234 e. The van der Waals surface area contributed by atoms with Gasteiger partial charge in [0.2, 0.25) is 5.91 Å². The van der Waals surface area contributed by atoms with Crippen LogP contribution in [0.15, 0.2) is 41.8 Å². The molecule has 0 aliphatic rings. The Kier molecular flexibility index (Phi) is 5.72. The Labute approximate surface area is 113 Å². The van der Waals surface area contributed by atoms with Gasteiger partial charge >= 0.3 is 0 Å². The Bertz CT molecular complexity index is 536. The molecule has 0 saturated heterocycles. The third kappa shape index (κ3) is 5.67. The monoisotopic (exact) mass is 282 g/mol. The molecule has 0 radical (unpaired) electrons. The van der Waals surface area contributed by atoms with E-state index in [4.69, 9.17) is 0 Å². The smallest absolute Gasteiger partial charge is 0.234 e. The molecule has 1 aromatic carbocycles. The molecule has 0 aliphatic heterocycles. The summed E-state index contributed by atoms with van der Waals surface area (Å²) in [6.45, 7) is 4.72. The van der Waals surface area contributed by atoms with Crippen molar-refractivity contribution in [3.8, 4) is 0 Å². The zero-order chi connectivity index (χ0) is 14.3. The van der Waals surface area contributed by atoms with E-state index in [1.807, 2.05) is 0 Å². The van der Waals surface area contributed by atoms with Gasteiger partial charge in [-0.25, -0.2) is 8.42 Å². The second-order valence-corrected chi connectivity index (χ2v) is 6.13. The molecule has 0 saturated carbocycles. The van der Waals surface area contributed by atoms with E-state index in [1.54, 1.807) is 18.2 Å². The lowest BCUT2D eigenvalue weighted by Gasteiger charge is -2.06. The van der Waals surface area contributed by atoms with Crippen molar-refractivity contribution >= 4 is 15.7 Å². The van der Waals surface area contributed by atoms with Gasteiger partial charge < -0.3 is 10.6 Å². The minimum absolute atomic E-state index is 0.117. The van der Waals surface area contributed by atoms with Crippen LogP contribution < -0.4 is 10.6 Å². The largest absolute Gasteiger partial charge is 0.351 e. The van der Waals surface area contributed by atoms with Gasteiger partial charge in [0.1, 0.15) is 0 Å². The Morgan fingerprint density at radius 3 is 2.47 bits per heavy atom. The first-order valence-corrected chi connectivity index (χ1v) is 7.70. The molecule has 5 nitrogen and oxygen atoms in total. The number of benzene rings is 1. The van der Waals surface area contributed by atoms with E-state index in [2.05, 4.69) is 17.2 Å². The van der Waals surface area contributed by atoms with Gasteiger partial charge in [0, 0.05) is 19.3 Å². The first-order valence-electron chi connectivity index (χ1n) is 5.81. The van der Waals surface area contributed by atoms with Gasteiger partial charge in [0.05, 0.1) is 11.4 Å². The van der Waals surface area contributed by atoms with Crippen LogP contribution in [0, 0.1) is 0 Å². The molecule has 0 aromatic heterocycles. The van der Waals surface area contributed by atoms with E-state index in [-0.39, 0.29) is 17.3 Å². The predicted octanol–water partition coefficient (Wildman–Crippen LogP) is 0.482. The predicted molar refractivity (Wildman–Crippen MR) is 74.5 cm³/mol. The third-order valence-electron chi connectivity index (χ3n) is 2.42. The summed E-state index contributed by atoms with van der Waals surface area (Å²) in [4.78, 5) is 11.7. The molecule has 1 amide bonds. The molecule has 0 atom stereocenters. The lowest BCUT2D eigenvalue weighted by Crippen LogP contribution is -2.33. The standard InChI is InChI=1S/C13H18N2O3S/c1-3-8-14-10-13(16)15-9-11-4-6-12(7-5-11)19(2,17)18/h3-7,14H,1,8-10H2,2H3,(H,15,16). The van der Waals surface area contributed by atoms with Crippen molar-refractivity contribution in [2.45, 2.75) is 11.4 Å². The van der Waals surface area contributed by atoms with Crippen LogP contribution >= 0.6 is 0 Å². The Balaban J connectivity index is 2.46. The minimum Gasteiger partial charge on any atom is -0.351 e. The molecular formula is C13H18N2O3S. The molecule has 1 aromatic rings. The molecule has 0 unspecified atom stereocenters. The van der Waals surface area contributed by atoms with Crippen molar-refractivity contribution in [2.24, 2.45) is 0 Å². The Morgan fingerprint density at radius 1 is 1.32 bits per heavy atom. The van der Waals surface area contributed by atoms with Crippen LogP contribution in [0.2, 0.25) is 0 Å². The van der Waals surface area contributed by atoms with Crippen molar-refractivity contribution in [3.63, 3.8) is 0 Å². The topological polar surface area (TPSA) is 75.3 Å². The molecule has 19 heavy (non-hydrogen) atoms. The summed E-state index contributed by atoms with van der Waals surface area (Å²) in [5.41, 5.74) is 0.851. The van der Waals surface area contributed by atoms with E-state index < -0.39 is 9.84 Å². The number of sulfone groups is 1. The van der Waals surface area contributed by atoms with Crippen LogP contribution in [-0.4, -0.2) is 33.7 Å². The summed E-state index contributed by atoms with van der Waals surface area (Å²) in [7, 11) is -3.17. The lowest BCUT2D eigenvalue weighted by molar-refractivity contribution is -0.120. The second kappa shape index (κ2) is 7.06. The van der Waals surface area contributed by atoms with Gasteiger partial charge in [-0.15, -0.1) is 6.58 Å². The molecule has 0 aliphatic carbocycles. The Morgan fingerprint density at radius 2 is 1.95 bits per heavy atom. The fraction of sp³-hybridized carbons (Fsp3) is 0.308. The quantitative estimate of drug-likeness (QED) is 0.563. The lowest BCUT2D eigenvalue weighted by atomic mass is 10.2. The zero-order valence-corrected chi connectivity index (χ0v) is 11.7. The van der Waals surface area contributed by atoms with Crippen LogP contribution in [0.25, 0.3) is 0 Å². The highest BCUT2D eigenvalue weighted by Crippen LogP contribution is 2.09. The van der Waals surface area contributed by atoms with E-state index in [9.17, 15) is 13.2 Å². The third-order valence-corrected chi connectivity index (χ3v) is 3.54. The normalized spacial score (nSPS) is 11.0. The van der Waals surface area contributed by atoms with E-state index in [0.717, 1.165) is 11.8 Å². The average molecular weight is 282 g/mol. The van der Waals surface area contributed by atoms with Crippen molar-refractivity contribution < 1.29 is 13.2 Å². The number of hydrogen-bond donors (Lipinski definition) is 2. The van der Waals surface area contributed by atoms with E-state index in [1.165, 1.54) is 12.1 Å². The summed E-state index contributed by atoms with van der Waals surface area (Å²) in [6.07, 6.45) is 2.84. The number of hydrogen-bond acceptors (Lipinski definition) is 4. The molecule has 6 heteroatoms. The Hall–Kier alpha value is -1.66. The zero-order valence-electron chi connectivity index (χ0n) is 10.8. The van der Waals surface area contributed by atoms with Gasteiger partial charge in [0.15, 0.2) is 9.84 Å². The molecule has 0 bridgehead atoms. The van der Waals surface area contributed by atoms with E-state index >= 15 is 0 Å². The first kappa shape index (κ1) is 15.4. The number of carbonyl (C=O) groups is 1. The number of rotatable bonds is 7. The maximum absolute atomic E-state index is 11.4. The summed E-state index contributed by atoms with van der Waals surface area (Å²) in [6, 6.07) is 6.45. The van der Waals surface area contributed by atoms with Crippen LogP contribution in [0.4, 0.5) is 0 Å². The summed E-state index contributed by atoms with van der Waals surface area (Å²) in [5, 5.41) is 5.62. The van der Waals surface area contributed by atoms with Crippen molar-refractivity contribution in [1.29, 1.82) is 0 Å². The molecule has 1 rings (SSSR count). The van der Waals surface area contributed by atoms with Gasteiger partial charge in [-0.05, 0) is 17.7 Å². The number of nitrogens with one attached hydrogen (secondary N) is 2. The van der Waals surface area contributed by atoms with Crippen LogP contribution in [0.5, 0.6) is 0 Å². The molecular weight excluding hydrogens is 264 g/mol. The molecule has 0 spiro atoms. The highest BCUT2D eigenvalue weighted by Gasteiger charge is 2.06. The van der Waals surface area contributed by atoms with Gasteiger partial charge in [-0.3, -0.25) is 4.79 Å². The molecule has 104 valence electrons. The summed E-state index contributed by atoms with van der Waals surface area (Å²) >= 11 is 0. The second-order valence-electron chi connectivity index (χ2n) is 4.11. The van der Waals surface area contributed by atoms with Crippen LogP contribution in [-0.2, 0) is 21.2 Å². The van der Waals surface area contributed by atoms with Crippen molar-refractivity contribution in [2.75, 3.05) is 19.3 Å². The fourth-order valence-corrected chi connectivity index (χ4v) is 2.04. The molecule has 2 N–H and O–H groups in total. The molecule has 0 fully saturated rings. The number of amides is 1. The van der Waals surface area contributed by atoms with Crippen LogP contribution in [0.1, 0.15) is 5.56 Å².